The normalized spacial score (nSPS) is 21.1. The number of benzene rings is 1. The summed E-state index contributed by atoms with van der Waals surface area (Å²) in [5.74, 6) is -0.374. The van der Waals surface area contributed by atoms with Gasteiger partial charge in [0.15, 0.2) is 6.10 Å². The van der Waals surface area contributed by atoms with Gasteiger partial charge in [-0.2, -0.15) is 0 Å². The van der Waals surface area contributed by atoms with Crippen LogP contribution in [0.1, 0.15) is 83.6 Å². The van der Waals surface area contributed by atoms with Gasteiger partial charge >= 0.3 is 11.9 Å². The van der Waals surface area contributed by atoms with Crippen LogP contribution in [0.4, 0.5) is 0 Å². The molecule has 0 heterocycles. The van der Waals surface area contributed by atoms with Gasteiger partial charge in [-0.1, -0.05) is 68.9 Å². The number of carbonyl (C=O) groups is 2. The average Bonchev–Trinajstić information content (AvgIpc) is 2.78. The third-order valence-corrected chi connectivity index (χ3v) is 6.99. The minimum absolute atomic E-state index is 0.0467. The molecule has 1 aromatic carbocycles. The lowest BCUT2D eigenvalue weighted by Crippen LogP contribution is -2.39. The van der Waals surface area contributed by atoms with Crippen molar-refractivity contribution in [3.05, 3.63) is 35.9 Å². The largest absolute Gasteiger partial charge is 0.461 e. The first-order valence-corrected chi connectivity index (χ1v) is 11.9. The highest BCUT2D eigenvalue weighted by Gasteiger charge is 2.39. The monoisotopic (exact) mass is 430 g/mol. The number of carbonyl (C=O) groups excluding carboxylic acids is 2. The molecule has 5 heteroatoms. The van der Waals surface area contributed by atoms with Crippen LogP contribution >= 0.6 is 0 Å². The topological polar surface area (TPSA) is 61.8 Å². The molecule has 1 unspecified atom stereocenters. The number of hydrogen-bond donors (Lipinski definition) is 0. The van der Waals surface area contributed by atoms with Crippen LogP contribution in [0.5, 0.6) is 0 Å². The summed E-state index contributed by atoms with van der Waals surface area (Å²) in [4.78, 5) is 25.7. The van der Waals surface area contributed by atoms with Gasteiger partial charge in [-0.05, 0) is 45.1 Å². The molecule has 172 valence electrons. The molecule has 1 aromatic rings. The number of ether oxygens (including phenoxy) is 3. The summed E-state index contributed by atoms with van der Waals surface area (Å²) < 4.78 is 17.4. The molecule has 2 aliphatic rings. The molecule has 0 radical (unpaired) electrons. The summed E-state index contributed by atoms with van der Waals surface area (Å²) in [5, 5.41) is 0. The van der Waals surface area contributed by atoms with Crippen molar-refractivity contribution in [2.45, 2.75) is 90.8 Å². The lowest BCUT2D eigenvalue weighted by Gasteiger charge is -2.33. The zero-order chi connectivity index (χ0) is 22.2. The van der Waals surface area contributed by atoms with Gasteiger partial charge < -0.3 is 14.2 Å². The zero-order valence-corrected chi connectivity index (χ0v) is 19.2. The molecule has 0 amide bonds. The predicted octanol–water partition coefficient (Wildman–Crippen LogP) is 5.60. The Morgan fingerprint density at radius 1 is 0.806 bits per heavy atom. The van der Waals surface area contributed by atoms with Crippen molar-refractivity contribution in [2.75, 3.05) is 13.2 Å². The van der Waals surface area contributed by atoms with E-state index in [0.29, 0.717) is 6.61 Å². The minimum atomic E-state index is -0.592. The Hall–Kier alpha value is -1.88. The molecule has 5 nitrogen and oxygen atoms in total. The van der Waals surface area contributed by atoms with Crippen molar-refractivity contribution >= 4 is 11.9 Å². The fraction of sp³-hybridized carbons (Fsp3) is 0.692. The highest BCUT2D eigenvalue weighted by Crippen LogP contribution is 2.38. The van der Waals surface area contributed by atoms with Gasteiger partial charge in [0.2, 0.25) is 0 Å². The summed E-state index contributed by atoms with van der Waals surface area (Å²) in [7, 11) is 0. The Morgan fingerprint density at radius 3 is 1.94 bits per heavy atom. The van der Waals surface area contributed by atoms with E-state index in [9.17, 15) is 9.59 Å². The first kappa shape index (κ1) is 23.8. The molecule has 0 aromatic heterocycles. The van der Waals surface area contributed by atoms with Crippen LogP contribution in [0.15, 0.2) is 30.3 Å². The van der Waals surface area contributed by atoms with E-state index in [-0.39, 0.29) is 25.2 Å². The van der Waals surface area contributed by atoms with E-state index >= 15 is 0 Å². The van der Waals surface area contributed by atoms with E-state index in [1.54, 1.807) is 0 Å². The van der Waals surface area contributed by atoms with Gasteiger partial charge in [0.1, 0.15) is 6.61 Å². The van der Waals surface area contributed by atoms with Crippen molar-refractivity contribution in [3.63, 3.8) is 0 Å². The fourth-order valence-corrected chi connectivity index (χ4v) is 4.71. The first-order valence-electron chi connectivity index (χ1n) is 11.9. The predicted molar refractivity (Wildman–Crippen MR) is 119 cm³/mol. The van der Waals surface area contributed by atoms with Crippen molar-refractivity contribution in [1.29, 1.82) is 0 Å². The molecule has 2 fully saturated rings. The second-order valence-electron chi connectivity index (χ2n) is 9.87. The van der Waals surface area contributed by atoms with Crippen LogP contribution in [-0.2, 0) is 30.4 Å². The van der Waals surface area contributed by atoms with Gasteiger partial charge in [0.25, 0.3) is 0 Å². The van der Waals surface area contributed by atoms with Crippen LogP contribution in [0.3, 0.4) is 0 Å². The second kappa shape index (κ2) is 11.1. The Morgan fingerprint density at radius 2 is 1.35 bits per heavy atom. The molecule has 3 rings (SSSR count). The maximum absolute atomic E-state index is 13.0. The van der Waals surface area contributed by atoms with E-state index in [1.807, 2.05) is 44.2 Å². The van der Waals surface area contributed by atoms with Crippen LogP contribution in [0.2, 0.25) is 0 Å². The van der Waals surface area contributed by atoms with E-state index in [4.69, 9.17) is 14.2 Å². The SMILES string of the molecule is CC1(C(=O)OCC(COCc2ccccc2)OC(=O)C2(C)CCCCC2)CCCCC1. The summed E-state index contributed by atoms with van der Waals surface area (Å²) in [5.41, 5.74) is 0.182. The third-order valence-electron chi connectivity index (χ3n) is 6.99. The summed E-state index contributed by atoms with van der Waals surface area (Å²) in [6.45, 7) is 4.67. The first-order chi connectivity index (χ1) is 14.9. The Balaban J connectivity index is 1.57. The highest BCUT2D eigenvalue weighted by atomic mass is 16.6. The summed E-state index contributed by atoms with van der Waals surface area (Å²) >= 11 is 0. The van der Waals surface area contributed by atoms with Crippen molar-refractivity contribution in [2.24, 2.45) is 10.8 Å². The Bertz CT molecular complexity index is 702. The highest BCUT2D eigenvalue weighted by molar-refractivity contribution is 5.77. The smallest absolute Gasteiger partial charge is 0.312 e. The lowest BCUT2D eigenvalue weighted by molar-refractivity contribution is -0.176. The molecule has 2 saturated carbocycles. The van der Waals surface area contributed by atoms with E-state index in [2.05, 4.69) is 0 Å². The fourth-order valence-electron chi connectivity index (χ4n) is 4.71. The van der Waals surface area contributed by atoms with E-state index in [0.717, 1.165) is 56.9 Å². The van der Waals surface area contributed by atoms with Crippen LogP contribution in [-0.4, -0.2) is 31.3 Å². The van der Waals surface area contributed by atoms with Gasteiger partial charge in [0, 0.05) is 0 Å². The maximum Gasteiger partial charge on any atom is 0.312 e. The van der Waals surface area contributed by atoms with Crippen molar-refractivity contribution in [3.8, 4) is 0 Å². The molecule has 0 bridgehead atoms. The van der Waals surface area contributed by atoms with Gasteiger partial charge in [-0.25, -0.2) is 0 Å². The summed E-state index contributed by atoms with van der Waals surface area (Å²) in [6, 6.07) is 9.88. The van der Waals surface area contributed by atoms with Crippen LogP contribution in [0, 0.1) is 10.8 Å². The Kier molecular flexibility index (Phi) is 8.53. The van der Waals surface area contributed by atoms with E-state index in [1.165, 1.54) is 12.8 Å². The van der Waals surface area contributed by atoms with Gasteiger partial charge in [0.05, 0.1) is 24.0 Å². The van der Waals surface area contributed by atoms with Crippen molar-refractivity contribution < 1.29 is 23.8 Å². The molecule has 0 saturated heterocycles. The molecule has 1 atom stereocenters. The number of hydrogen-bond acceptors (Lipinski definition) is 5. The minimum Gasteiger partial charge on any atom is -0.461 e. The van der Waals surface area contributed by atoms with Gasteiger partial charge in [-0.15, -0.1) is 0 Å². The van der Waals surface area contributed by atoms with Crippen LogP contribution < -0.4 is 0 Å². The quantitative estimate of drug-likeness (QED) is 0.477. The molecule has 0 aliphatic heterocycles. The van der Waals surface area contributed by atoms with Crippen LogP contribution in [0.25, 0.3) is 0 Å². The average molecular weight is 431 g/mol. The number of rotatable bonds is 9. The molecular formula is C26H38O5. The second-order valence-corrected chi connectivity index (χ2v) is 9.87. The molecule has 31 heavy (non-hydrogen) atoms. The molecule has 2 aliphatic carbocycles. The molecule has 0 N–H and O–H groups in total. The van der Waals surface area contributed by atoms with Gasteiger partial charge in [-0.3, -0.25) is 9.59 Å². The van der Waals surface area contributed by atoms with E-state index < -0.39 is 16.9 Å². The summed E-state index contributed by atoms with van der Waals surface area (Å²) in [6.07, 6.45) is 9.39. The molecular weight excluding hydrogens is 392 g/mol. The third kappa shape index (κ3) is 6.80. The number of esters is 2. The standard InChI is InChI=1S/C26H38O5/c1-25(14-8-4-9-15-25)23(27)30-20-22(19-29-18-21-12-6-3-7-13-21)31-24(28)26(2)16-10-5-11-17-26/h3,6-7,12-13,22H,4-5,8-11,14-20H2,1-2H3. The lowest BCUT2D eigenvalue weighted by atomic mass is 9.76. The maximum atomic E-state index is 13.0. The Labute approximate surface area is 186 Å². The zero-order valence-electron chi connectivity index (χ0n) is 19.2. The van der Waals surface area contributed by atoms with Crippen molar-refractivity contribution in [1.82, 2.24) is 0 Å². The molecule has 0 spiro atoms.